The number of thiazole rings is 1. The summed E-state index contributed by atoms with van der Waals surface area (Å²) in [6.45, 7) is 0. The molecule has 0 radical (unpaired) electrons. The van der Waals surface area contributed by atoms with E-state index in [1.807, 2.05) is 0 Å². The van der Waals surface area contributed by atoms with E-state index in [0.717, 1.165) is 11.3 Å². The van der Waals surface area contributed by atoms with Gasteiger partial charge in [0.25, 0.3) is 5.78 Å². The van der Waals surface area contributed by atoms with Crippen LogP contribution >= 0.6 is 11.3 Å². The quantitative estimate of drug-likeness (QED) is 0.635. The van der Waals surface area contributed by atoms with Gasteiger partial charge in [0.2, 0.25) is 5.13 Å². The van der Waals surface area contributed by atoms with E-state index >= 15 is 0 Å². The maximum atomic E-state index is 12.5. The Morgan fingerprint density at radius 2 is 2.05 bits per heavy atom. The van der Waals surface area contributed by atoms with Gasteiger partial charge in [-0.3, -0.25) is 10.2 Å². The largest absolute Gasteiger partial charge is 0.464 e. The van der Waals surface area contributed by atoms with Crippen LogP contribution in [0.2, 0.25) is 0 Å². The average Bonchev–Trinajstić information content (AvgIpc) is 3.11. The first-order valence-corrected chi connectivity index (χ1v) is 7.10. The zero-order valence-corrected chi connectivity index (χ0v) is 12.2. The number of halogens is 3. The Morgan fingerprint density at radius 3 is 2.68 bits per heavy atom. The van der Waals surface area contributed by atoms with Crippen LogP contribution < -0.4 is 10.9 Å². The summed E-state index contributed by atoms with van der Waals surface area (Å²) in [6, 6.07) is 0. The second-order valence-electron chi connectivity index (χ2n) is 4.42. The van der Waals surface area contributed by atoms with E-state index < -0.39 is 17.9 Å². The Hall–Kier alpha value is -2.10. The number of alkyl halides is 3. The van der Waals surface area contributed by atoms with Crippen LogP contribution in [0.4, 0.5) is 18.3 Å². The molecule has 0 amide bonds. The Labute approximate surface area is 127 Å². The summed E-state index contributed by atoms with van der Waals surface area (Å²) in [5, 5.41) is 1.72. The van der Waals surface area contributed by atoms with Crippen LogP contribution in [-0.4, -0.2) is 30.0 Å². The van der Waals surface area contributed by atoms with Gasteiger partial charge in [-0.15, -0.1) is 11.3 Å². The van der Waals surface area contributed by atoms with Gasteiger partial charge >= 0.3 is 12.1 Å². The molecule has 1 aromatic rings. The topological polar surface area (TPSA) is 80.3 Å². The van der Waals surface area contributed by atoms with Crippen molar-refractivity contribution in [2.75, 3.05) is 12.5 Å². The van der Waals surface area contributed by atoms with Gasteiger partial charge in [0.1, 0.15) is 0 Å². The van der Waals surface area contributed by atoms with E-state index in [9.17, 15) is 22.8 Å². The van der Waals surface area contributed by atoms with Crippen molar-refractivity contribution >= 4 is 28.2 Å². The van der Waals surface area contributed by atoms with Gasteiger partial charge in [0, 0.05) is 16.7 Å². The Balaban J connectivity index is 2.05. The Bertz CT molecular complexity index is 625. The first-order chi connectivity index (χ1) is 10.3. The number of methoxy groups -OCH3 is 1. The fourth-order valence-electron chi connectivity index (χ4n) is 1.96. The summed E-state index contributed by atoms with van der Waals surface area (Å²) in [5.41, 5.74) is 5.18. The molecule has 2 N–H and O–H groups in total. The minimum atomic E-state index is -4.88. The second-order valence-corrected chi connectivity index (χ2v) is 5.28. The van der Waals surface area contributed by atoms with E-state index in [1.165, 1.54) is 12.5 Å². The minimum absolute atomic E-state index is 0.0770. The van der Waals surface area contributed by atoms with Crippen LogP contribution in [0.15, 0.2) is 16.7 Å². The van der Waals surface area contributed by atoms with Crippen molar-refractivity contribution in [2.24, 2.45) is 0 Å². The number of nitrogens with zero attached hydrogens (tertiary/aromatic N) is 1. The molecule has 1 aliphatic carbocycles. The van der Waals surface area contributed by atoms with Gasteiger partial charge in [0.05, 0.1) is 7.11 Å². The molecule has 10 heteroatoms. The number of ether oxygens (including phenoxy) is 1. The van der Waals surface area contributed by atoms with Gasteiger partial charge in [-0.2, -0.15) is 13.2 Å². The smallest absolute Gasteiger partial charge is 0.454 e. The number of hydrazine groups is 1. The molecule has 1 heterocycles. The van der Waals surface area contributed by atoms with Crippen molar-refractivity contribution in [3.05, 3.63) is 22.3 Å². The number of Topliss-reactive ketones (excluding diaryl/α,β-unsaturated/α-hetero) is 1. The predicted octanol–water partition coefficient (Wildman–Crippen LogP) is 2.42. The number of carbonyl (C=O) groups is 2. The highest BCUT2D eigenvalue weighted by Crippen LogP contribution is 2.31. The van der Waals surface area contributed by atoms with Crippen molar-refractivity contribution in [3.8, 4) is 0 Å². The third-order valence-corrected chi connectivity index (χ3v) is 3.73. The average molecular weight is 335 g/mol. The van der Waals surface area contributed by atoms with Crippen molar-refractivity contribution < 1.29 is 27.5 Å². The number of aromatic nitrogens is 1. The lowest BCUT2D eigenvalue weighted by Crippen LogP contribution is -2.28. The lowest BCUT2D eigenvalue weighted by atomic mass is 10.1. The van der Waals surface area contributed by atoms with Gasteiger partial charge in [-0.1, -0.05) is 0 Å². The number of anilines is 1. The maximum Gasteiger partial charge on any atom is 0.454 e. The summed E-state index contributed by atoms with van der Waals surface area (Å²) in [4.78, 5) is 26.4. The first-order valence-electron chi connectivity index (χ1n) is 6.22. The van der Waals surface area contributed by atoms with Crippen LogP contribution in [0.1, 0.15) is 29.8 Å². The number of hydrogen-bond acceptors (Lipinski definition) is 7. The molecule has 0 saturated heterocycles. The zero-order chi connectivity index (χ0) is 16.3. The number of nitrogens with one attached hydrogen (secondary N) is 2. The molecule has 1 aromatic heterocycles. The van der Waals surface area contributed by atoms with Gasteiger partial charge in [-0.25, -0.2) is 9.78 Å². The van der Waals surface area contributed by atoms with Gasteiger partial charge in [-0.05, 0) is 19.3 Å². The molecule has 0 aliphatic heterocycles. The number of rotatable bonds is 5. The van der Waals surface area contributed by atoms with Crippen molar-refractivity contribution in [3.63, 3.8) is 0 Å². The molecule has 0 saturated carbocycles. The molecule has 0 aromatic carbocycles. The van der Waals surface area contributed by atoms with E-state index in [1.54, 1.807) is 0 Å². The van der Waals surface area contributed by atoms with Crippen LogP contribution in [-0.2, 0) is 9.53 Å². The molecule has 2 rings (SSSR count). The van der Waals surface area contributed by atoms with E-state index in [-0.39, 0.29) is 28.5 Å². The predicted molar refractivity (Wildman–Crippen MR) is 72.2 cm³/mol. The monoisotopic (exact) mass is 335 g/mol. The Morgan fingerprint density at radius 1 is 1.32 bits per heavy atom. The molecule has 120 valence electrons. The molecule has 1 aliphatic rings. The van der Waals surface area contributed by atoms with E-state index in [4.69, 9.17) is 0 Å². The normalized spacial score (nSPS) is 14.9. The fraction of sp³-hybridized carbons (Fsp3) is 0.417. The standard InChI is InChI=1S/C12H12F3N3O3S/c1-21-10(20)8-5-22-11(16-8)18-17-7-4-2-3-6(7)9(19)12(13,14)15/h5,17H,2-4H2,1H3,(H,16,18). The van der Waals surface area contributed by atoms with Crippen molar-refractivity contribution in [1.82, 2.24) is 10.4 Å². The second kappa shape index (κ2) is 6.34. The summed E-state index contributed by atoms with van der Waals surface area (Å²) in [7, 11) is 1.21. The van der Waals surface area contributed by atoms with Crippen molar-refractivity contribution in [2.45, 2.75) is 25.4 Å². The highest BCUT2D eigenvalue weighted by Gasteiger charge is 2.42. The van der Waals surface area contributed by atoms with Crippen molar-refractivity contribution in [1.29, 1.82) is 0 Å². The molecule has 0 fully saturated rings. The van der Waals surface area contributed by atoms with Crippen LogP contribution in [0, 0.1) is 0 Å². The van der Waals surface area contributed by atoms with Crippen LogP contribution in [0.3, 0.4) is 0 Å². The molecular weight excluding hydrogens is 323 g/mol. The summed E-state index contributed by atoms with van der Waals surface area (Å²) in [5.74, 6) is -2.44. The summed E-state index contributed by atoms with van der Waals surface area (Å²) >= 11 is 1.08. The number of hydrogen-bond donors (Lipinski definition) is 2. The maximum absolute atomic E-state index is 12.5. The first kappa shape index (κ1) is 16.3. The molecular formula is C12H12F3N3O3S. The summed E-state index contributed by atoms with van der Waals surface area (Å²) < 4.78 is 41.9. The Kier molecular flexibility index (Phi) is 4.69. The molecule has 0 spiro atoms. The van der Waals surface area contributed by atoms with Crippen LogP contribution in [0.25, 0.3) is 0 Å². The third kappa shape index (κ3) is 3.56. The highest BCUT2D eigenvalue weighted by atomic mass is 32.1. The van der Waals surface area contributed by atoms with Gasteiger partial charge < -0.3 is 10.2 Å². The third-order valence-electron chi connectivity index (χ3n) is 2.97. The molecule has 22 heavy (non-hydrogen) atoms. The molecule has 6 nitrogen and oxygen atoms in total. The molecule has 0 unspecified atom stereocenters. The molecule has 0 atom stereocenters. The lowest BCUT2D eigenvalue weighted by Gasteiger charge is -2.11. The highest BCUT2D eigenvalue weighted by molar-refractivity contribution is 7.13. The van der Waals surface area contributed by atoms with E-state index in [0.29, 0.717) is 12.8 Å². The van der Waals surface area contributed by atoms with E-state index in [2.05, 4.69) is 20.6 Å². The minimum Gasteiger partial charge on any atom is -0.464 e. The lowest BCUT2D eigenvalue weighted by molar-refractivity contribution is -0.166. The zero-order valence-electron chi connectivity index (χ0n) is 11.4. The number of esters is 1. The molecule has 0 bridgehead atoms. The number of carbonyl (C=O) groups excluding carboxylic acids is 2. The number of allylic oxidation sites excluding steroid dienone is 2. The summed E-state index contributed by atoms with van der Waals surface area (Å²) in [6.07, 6.45) is -4.01. The SMILES string of the molecule is COC(=O)c1csc(NNC2=C(C(=O)C(F)(F)F)CCC2)n1. The fourth-order valence-corrected chi connectivity index (χ4v) is 2.59. The number of ketones is 1. The van der Waals surface area contributed by atoms with Gasteiger partial charge in [0.15, 0.2) is 5.69 Å². The van der Waals surface area contributed by atoms with Crippen LogP contribution in [0.5, 0.6) is 0 Å².